The molecule has 0 fully saturated rings. The zero-order valence-corrected chi connectivity index (χ0v) is 8.64. The minimum Gasteiger partial charge on any atom is -0.454 e. The smallest absolute Gasteiger partial charge is 0.240 e. The summed E-state index contributed by atoms with van der Waals surface area (Å²) in [5, 5.41) is 3.64. The Labute approximate surface area is 95.1 Å². The Hall–Kier alpha value is -2.15. The van der Waals surface area contributed by atoms with E-state index in [0.29, 0.717) is 11.5 Å². The molecule has 0 saturated heterocycles. The van der Waals surface area contributed by atoms with Crippen molar-refractivity contribution >= 4 is 0 Å². The lowest BCUT2D eigenvalue weighted by molar-refractivity contribution is 0.174. The second-order valence-electron chi connectivity index (χ2n) is 3.40. The van der Waals surface area contributed by atoms with Gasteiger partial charge in [0, 0.05) is 6.07 Å². The largest absolute Gasteiger partial charge is 0.454 e. The summed E-state index contributed by atoms with van der Waals surface area (Å²) < 4.78 is 28.8. The number of nitrogens with zero attached hydrogens (tertiary/aromatic N) is 2. The molecule has 0 aliphatic carbocycles. The molecule has 0 bridgehead atoms. The molecule has 0 saturated carbocycles. The van der Waals surface area contributed by atoms with E-state index < -0.39 is 5.82 Å². The van der Waals surface area contributed by atoms with Gasteiger partial charge in [0.2, 0.25) is 18.5 Å². The van der Waals surface area contributed by atoms with Crippen LogP contribution in [0.3, 0.4) is 0 Å². The molecule has 2 aromatic rings. The van der Waals surface area contributed by atoms with Crippen LogP contribution >= 0.6 is 0 Å². The van der Waals surface area contributed by atoms with E-state index in [1.807, 2.05) is 0 Å². The fourth-order valence-electron chi connectivity index (χ4n) is 1.54. The van der Waals surface area contributed by atoms with Gasteiger partial charge in [-0.05, 0) is 6.07 Å². The number of benzene rings is 1. The van der Waals surface area contributed by atoms with E-state index >= 15 is 0 Å². The topological polar surface area (TPSA) is 83.4 Å². The van der Waals surface area contributed by atoms with Gasteiger partial charge in [-0.15, -0.1) is 0 Å². The normalized spacial score (nSPS) is 13.1. The van der Waals surface area contributed by atoms with E-state index in [9.17, 15) is 4.39 Å². The number of hydrogen-bond donors (Lipinski definition) is 1. The average Bonchev–Trinajstić information content (AvgIpc) is 2.94. The summed E-state index contributed by atoms with van der Waals surface area (Å²) in [6.45, 7) is 0.192. The van der Waals surface area contributed by atoms with Gasteiger partial charge in [-0.2, -0.15) is 4.98 Å². The van der Waals surface area contributed by atoms with Crippen molar-refractivity contribution in [2.75, 3.05) is 6.79 Å². The predicted molar refractivity (Wildman–Crippen MR) is 53.7 cm³/mol. The summed E-state index contributed by atoms with van der Waals surface area (Å²) >= 11 is 0. The van der Waals surface area contributed by atoms with Crippen LogP contribution in [0.5, 0.6) is 11.5 Å². The lowest BCUT2D eigenvalue weighted by atomic mass is 10.2. The fourth-order valence-corrected chi connectivity index (χ4v) is 1.54. The Balaban J connectivity index is 2.08. The van der Waals surface area contributed by atoms with Crippen molar-refractivity contribution in [2.24, 2.45) is 5.73 Å². The number of nitrogens with two attached hydrogens (primary N) is 1. The van der Waals surface area contributed by atoms with E-state index in [0.717, 1.165) is 0 Å². The zero-order chi connectivity index (χ0) is 11.8. The van der Waals surface area contributed by atoms with Crippen molar-refractivity contribution in [1.29, 1.82) is 0 Å². The van der Waals surface area contributed by atoms with E-state index in [1.54, 1.807) is 0 Å². The molecular weight excluding hydrogens is 229 g/mol. The molecule has 0 atom stereocenters. The molecule has 1 aromatic carbocycles. The molecule has 1 aliphatic rings. The number of hydrogen-bond acceptors (Lipinski definition) is 6. The van der Waals surface area contributed by atoms with Gasteiger partial charge in [-0.25, -0.2) is 4.39 Å². The third kappa shape index (κ3) is 1.60. The van der Waals surface area contributed by atoms with Gasteiger partial charge in [-0.3, -0.25) is 0 Å². The van der Waals surface area contributed by atoms with Gasteiger partial charge in [0.25, 0.3) is 0 Å². The van der Waals surface area contributed by atoms with E-state index in [1.165, 1.54) is 12.1 Å². The third-order valence-corrected chi connectivity index (χ3v) is 2.35. The number of aromatic nitrogens is 2. The zero-order valence-electron chi connectivity index (χ0n) is 8.64. The maximum atomic E-state index is 13.8. The maximum absolute atomic E-state index is 13.8. The fraction of sp³-hybridized carbons (Fsp3) is 0.200. The van der Waals surface area contributed by atoms with E-state index in [2.05, 4.69) is 10.1 Å². The molecule has 7 heteroatoms. The van der Waals surface area contributed by atoms with Crippen LogP contribution in [0.15, 0.2) is 16.7 Å². The molecule has 1 aromatic heterocycles. The standard InChI is InChI=1S/C10H8FN3O3/c11-6-2-8-7(15-4-16-8)1-5(6)10-13-9(3-12)17-14-10/h1-2H,3-4,12H2. The van der Waals surface area contributed by atoms with Crippen molar-refractivity contribution in [3.8, 4) is 22.9 Å². The molecular formula is C10H8FN3O3. The van der Waals surface area contributed by atoms with Gasteiger partial charge < -0.3 is 19.7 Å². The van der Waals surface area contributed by atoms with Gasteiger partial charge in [-0.1, -0.05) is 5.16 Å². The first-order valence-corrected chi connectivity index (χ1v) is 4.90. The van der Waals surface area contributed by atoms with Crippen molar-refractivity contribution in [3.63, 3.8) is 0 Å². The monoisotopic (exact) mass is 237 g/mol. The molecule has 0 amide bonds. The number of fused-ring (bicyclic) bond motifs is 1. The minimum absolute atomic E-state index is 0.0819. The Bertz CT molecular complexity index is 570. The molecule has 88 valence electrons. The summed E-state index contributed by atoms with van der Waals surface area (Å²) in [6, 6.07) is 2.71. The molecule has 0 unspecified atom stereocenters. The lowest BCUT2D eigenvalue weighted by Crippen LogP contribution is -1.96. The highest BCUT2D eigenvalue weighted by molar-refractivity contribution is 5.62. The van der Waals surface area contributed by atoms with Gasteiger partial charge in [0.05, 0.1) is 12.1 Å². The second kappa shape index (κ2) is 3.70. The molecule has 2 N–H and O–H groups in total. The Morgan fingerprint density at radius 2 is 2.06 bits per heavy atom. The number of ether oxygens (including phenoxy) is 2. The first-order valence-electron chi connectivity index (χ1n) is 4.90. The van der Waals surface area contributed by atoms with Crippen LogP contribution in [0, 0.1) is 5.82 Å². The van der Waals surface area contributed by atoms with Crippen LogP contribution in [-0.2, 0) is 6.54 Å². The summed E-state index contributed by atoms with van der Waals surface area (Å²) in [6.07, 6.45) is 0. The summed E-state index contributed by atoms with van der Waals surface area (Å²) in [5.41, 5.74) is 5.53. The average molecular weight is 237 g/mol. The molecule has 1 aliphatic heterocycles. The van der Waals surface area contributed by atoms with Crippen LogP contribution in [0.1, 0.15) is 5.89 Å². The molecule has 6 nitrogen and oxygen atoms in total. The third-order valence-electron chi connectivity index (χ3n) is 2.35. The molecule has 0 radical (unpaired) electrons. The first kappa shape index (κ1) is 10.0. The molecule has 3 rings (SSSR count). The van der Waals surface area contributed by atoms with Crippen LogP contribution in [0.4, 0.5) is 4.39 Å². The van der Waals surface area contributed by atoms with Crippen LogP contribution < -0.4 is 15.2 Å². The Morgan fingerprint density at radius 3 is 2.76 bits per heavy atom. The molecule has 0 spiro atoms. The summed E-state index contributed by atoms with van der Waals surface area (Å²) in [7, 11) is 0. The highest BCUT2D eigenvalue weighted by atomic mass is 19.1. The van der Waals surface area contributed by atoms with E-state index in [4.69, 9.17) is 19.7 Å². The van der Waals surface area contributed by atoms with Gasteiger partial charge in [0.1, 0.15) is 5.82 Å². The van der Waals surface area contributed by atoms with Crippen molar-refractivity contribution in [1.82, 2.24) is 10.1 Å². The van der Waals surface area contributed by atoms with Crippen LogP contribution in [0.25, 0.3) is 11.4 Å². The van der Waals surface area contributed by atoms with Gasteiger partial charge >= 0.3 is 0 Å². The SMILES string of the molecule is NCc1nc(-c2cc3c(cc2F)OCO3)no1. The quantitative estimate of drug-likeness (QED) is 0.840. The molecule has 2 heterocycles. The van der Waals surface area contributed by atoms with Crippen molar-refractivity contribution < 1.29 is 18.4 Å². The predicted octanol–water partition coefficient (Wildman–Crippen LogP) is 1.06. The van der Waals surface area contributed by atoms with Crippen LogP contribution in [-0.4, -0.2) is 16.9 Å². The summed E-state index contributed by atoms with van der Waals surface area (Å²) in [5.74, 6) is 0.714. The van der Waals surface area contributed by atoms with Crippen molar-refractivity contribution in [3.05, 3.63) is 23.8 Å². The van der Waals surface area contributed by atoms with E-state index in [-0.39, 0.29) is 30.6 Å². The second-order valence-corrected chi connectivity index (χ2v) is 3.40. The van der Waals surface area contributed by atoms with Crippen LogP contribution in [0.2, 0.25) is 0 Å². The maximum Gasteiger partial charge on any atom is 0.240 e. The Kier molecular flexibility index (Phi) is 2.19. The first-order chi connectivity index (χ1) is 8.28. The highest BCUT2D eigenvalue weighted by Gasteiger charge is 2.20. The summed E-state index contributed by atoms with van der Waals surface area (Å²) in [4.78, 5) is 3.95. The minimum atomic E-state index is -0.501. The number of rotatable bonds is 2. The lowest BCUT2D eigenvalue weighted by Gasteiger charge is -2.00. The highest BCUT2D eigenvalue weighted by Crippen LogP contribution is 2.37. The van der Waals surface area contributed by atoms with Gasteiger partial charge in [0.15, 0.2) is 11.5 Å². The Morgan fingerprint density at radius 1 is 1.29 bits per heavy atom. The molecule has 17 heavy (non-hydrogen) atoms. The number of halogens is 1. The van der Waals surface area contributed by atoms with Crippen molar-refractivity contribution in [2.45, 2.75) is 6.54 Å².